The fourth-order valence-corrected chi connectivity index (χ4v) is 2.29. The predicted molar refractivity (Wildman–Crippen MR) is 88.5 cm³/mol. The molecule has 0 fully saturated rings. The van der Waals surface area contributed by atoms with Crippen LogP contribution < -0.4 is 14.9 Å². The molecule has 6 heteroatoms. The number of benzene rings is 2. The van der Waals surface area contributed by atoms with Gasteiger partial charge in [-0.1, -0.05) is 23.7 Å². The molecule has 2 aromatic carbocycles. The number of hydrogen-bond acceptors (Lipinski definition) is 4. The van der Waals surface area contributed by atoms with Crippen LogP contribution in [0.5, 0.6) is 11.5 Å². The van der Waals surface area contributed by atoms with Crippen molar-refractivity contribution in [1.29, 1.82) is 0 Å². The Hall–Kier alpha value is -2.53. The molecule has 3 rings (SSSR count). The van der Waals surface area contributed by atoms with Crippen molar-refractivity contribution >= 4 is 23.2 Å². The molecule has 2 aromatic rings. The molecule has 0 aromatic heterocycles. The Morgan fingerprint density at radius 3 is 2.70 bits per heavy atom. The van der Waals surface area contributed by atoms with E-state index < -0.39 is 0 Å². The first-order chi connectivity index (χ1) is 11.1. The van der Waals surface area contributed by atoms with Gasteiger partial charge in [0.15, 0.2) is 11.5 Å². The monoisotopic (exact) mass is 330 g/mol. The van der Waals surface area contributed by atoms with Gasteiger partial charge in [0.25, 0.3) is 5.91 Å². The fourth-order valence-electron chi connectivity index (χ4n) is 2.10. The van der Waals surface area contributed by atoms with Crippen LogP contribution in [0.1, 0.15) is 15.9 Å². The molecule has 118 valence electrons. The van der Waals surface area contributed by atoms with Gasteiger partial charge in [0.1, 0.15) is 18.9 Å². The number of nitrogens with zero attached hydrogens (tertiary/aromatic N) is 1. The number of halogens is 1. The molecule has 1 N–H and O–H groups in total. The average molecular weight is 331 g/mol. The van der Waals surface area contributed by atoms with Crippen LogP contribution in [0.4, 0.5) is 0 Å². The average Bonchev–Trinajstić information content (AvgIpc) is 2.74. The molecular formula is C17H15ClN2O3. The first-order valence-electron chi connectivity index (χ1n) is 7.09. The molecule has 0 atom stereocenters. The summed E-state index contributed by atoms with van der Waals surface area (Å²) in [5, 5.41) is 4.58. The minimum absolute atomic E-state index is 0.256. The highest BCUT2D eigenvalue weighted by Crippen LogP contribution is 2.29. The summed E-state index contributed by atoms with van der Waals surface area (Å²) in [6, 6.07) is 12.4. The number of nitrogens with one attached hydrogen (secondary N) is 1. The van der Waals surface area contributed by atoms with Crippen LogP contribution in [-0.2, 0) is 0 Å². The van der Waals surface area contributed by atoms with E-state index in [1.807, 2.05) is 25.1 Å². The number of carbonyl (C=O) groups is 1. The summed E-state index contributed by atoms with van der Waals surface area (Å²) in [5.41, 5.74) is 4.61. The summed E-state index contributed by atoms with van der Waals surface area (Å²) < 4.78 is 11.3. The summed E-state index contributed by atoms with van der Waals surface area (Å²) in [5.74, 6) is 1.01. The highest BCUT2D eigenvalue weighted by molar-refractivity contribution is 6.30. The molecule has 0 unspecified atom stereocenters. The molecule has 1 amide bonds. The van der Waals surface area contributed by atoms with Crippen LogP contribution in [0.25, 0.3) is 0 Å². The zero-order valence-electron chi connectivity index (χ0n) is 12.5. The van der Waals surface area contributed by atoms with Gasteiger partial charge in [-0.3, -0.25) is 4.79 Å². The van der Waals surface area contributed by atoms with Crippen molar-refractivity contribution in [2.24, 2.45) is 5.10 Å². The SMILES string of the molecule is Cc1ccc2c(c1)OC/C(=N/NC(=O)c1cccc(Cl)c1)CO2. The predicted octanol–water partition coefficient (Wildman–Crippen LogP) is 3.21. The lowest BCUT2D eigenvalue weighted by Gasteiger charge is -2.06. The van der Waals surface area contributed by atoms with E-state index in [1.165, 1.54) is 0 Å². The van der Waals surface area contributed by atoms with Crippen LogP contribution in [0, 0.1) is 6.92 Å². The Kier molecular flexibility index (Phi) is 4.48. The Bertz CT molecular complexity index is 774. The zero-order chi connectivity index (χ0) is 16.2. The van der Waals surface area contributed by atoms with Crippen molar-refractivity contribution in [3.05, 3.63) is 58.6 Å². The zero-order valence-corrected chi connectivity index (χ0v) is 13.3. The normalized spacial score (nSPS) is 15.1. The second-order valence-electron chi connectivity index (χ2n) is 5.16. The van der Waals surface area contributed by atoms with Gasteiger partial charge in [-0.2, -0.15) is 5.10 Å². The van der Waals surface area contributed by atoms with Gasteiger partial charge in [-0.25, -0.2) is 5.43 Å². The Labute approximate surface area is 138 Å². The molecule has 0 bridgehead atoms. The maximum absolute atomic E-state index is 12.0. The minimum Gasteiger partial charge on any atom is -0.484 e. The quantitative estimate of drug-likeness (QED) is 0.860. The third-order valence-corrected chi connectivity index (χ3v) is 3.53. The van der Waals surface area contributed by atoms with Crippen molar-refractivity contribution in [3.63, 3.8) is 0 Å². The second kappa shape index (κ2) is 6.71. The first kappa shape index (κ1) is 15.4. The molecule has 23 heavy (non-hydrogen) atoms. The number of ether oxygens (including phenoxy) is 2. The number of rotatable bonds is 2. The van der Waals surface area contributed by atoms with Crippen LogP contribution in [0.3, 0.4) is 0 Å². The van der Waals surface area contributed by atoms with Crippen molar-refractivity contribution in [2.75, 3.05) is 13.2 Å². The van der Waals surface area contributed by atoms with E-state index in [0.29, 0.717) is 27.8 Å². The summed E-state index contributed by atoms with van der Waals surface area (Å²) in [6.07, 6.45) is 0. The van der Waals surface area contributed by atoms with E-state index in [2.05, 4.69) is 10.5 Å². The number of hydrogen-bond donors (Lipinski definition) is 1. The summed E-state index contributed by atoms with van der Waals surface area (Å²) in [6.45, 7) is 2.49. The van der Waals surface area contributed by atoms with Gasteiger partial charge in [0, 0.05) is 10.6 Å². The molecule has 1 heterocycles. The Morgan fingerprint density at radius 1 is 1.13 bits per heavy atom. The number of carbonyl (C=O) groups excluding carboxylic acids is 1. The first-order valence-corrected chi connectivity index (χ1v) is 7.47. The molecule has 1 aliphatic heterocycles. The molecule has 0 radical (unpaired) electrons. The molecule has 0 aliphatic carbocycles. The van der Waals surface area contributed by atoms with E-state index in [1.54, 1.807) is 24.3 Å². The standard InChI is InChI=1S/C17H15ClN2O3/c1-11-5-6-15-16(7-11)23-10-14(9-22-15)19-20-17(21)12-3-2-4-13(18)8-12/h2-8H,9-10H2,1H3,(H,20,21)/b19-14+. The van der Waals surface area contributed by atoms with E-state index in [0.717, 1.165) is 5.56 Å². The number of hydrazone groups is 1. The fraction of sp³-hybridized carbons (Fsp3) is 0.176. The van der Waals surface area contributed by atoms with E-state index in [-0.39, 0.29) is 19.1 Å². The van der Waals surface area contributed by atoms with Gasteiger partial charge in [-0.05, 0) is 42.8 Å². The van der Waals surface area contributed by atoms with Gasteiger partial charge in [0.2, 0.25) is 0 Å². The van der Waals surface area contributed by atoms with Crippen molar-refractivity contribution < 1.29 is 14.3 Å². The highest BCUT2D eigenvalue weighted by Gasteiger charge is 2.14. The smallest absolute Gasteiger partial charge is 0.271 e. The maximum atomic E-state index is 12.0. The Morgan fingerprint density at radius 2 is 1.91 bits per heavy atom. The number of aryl methyl sites for hydroxylation is 1. The lowest BCUT2D eigenvalue weighted by Crippen LogP contribution is -2.24. The number of amides is 1. The van der Waals surface area contributed by atoms with E-state index in [9.17, 15) is 4.79 Å². The summed E-state index contributed by atoms with van der Waals surface area (Å²) in [7, 11) is 0. The van der Waals surface area contributed by atoms with Crippen molar-refractivity contribution in [2.45, 2.75) is 6.92 Å². The third kappa shape index (κ3) is 3.81. The van der Waals surface area contributed by atoms with Gasteiger partial charge >= 0.3 is 0 Å². The van der Waals surface area contributed by atoms with Gasteiger partial charge in [0.05, 0.1) is 0 Å². The van der Waals surface area contributed by atoms with Crippen molar-refractivity contribution in [3.8, 4) is 11.5 Å². The van der Waals surface area contributed by atoms with E-state index >= 15 is 0 Å². The molecule has 0 saturated carbocycles. The van der Waals surface area contributed by atoms with Crippen LogP contribution >= 0.6 is 11.6 Å². The lowest BCUT2D eigenvalue weighted by molar-refractivity contribution is 0.0954. The third-order valence-electron chi connectivity index (χ3n) is 3.29. The molecule has 0 spiro atoms. The van der Waals surface area contributed by atoms with Crippen LogP contribution in [0.2, 0.25) is 5.02 Å². The summed E-state index contributed by atoms with van der Waals surface area (Å²) in [4.78, 5) is 12.0. The molecular weight excluding hydrogens is 316 g/mol. The lowest BCUT2D eigenvalue weighted by atomic mass is 10.2. The molecule has 0 saturated heterocycles. The largest absolute Gasteiger partial charge is 0.484 e. The molecule has 5 nitrogen and oxygen atoms in total. The molecule has 1 aliphatic rings. The second-order valence-corrected chi connectivity index (χ2v) is 5.59. The van der Waals surface area contributed by atoms with Crippen molar-refractivity contribution in [1.82, 2.24) is 5.43 Å². The Balaban J connectivity index is 1.67. The maximum Gasteiger partial charge on any atom is 0.271 e. The van der Waals surface area contributed by atoms with E-state index in [4.69, 9.17) is 21.1 Å². The minimum atomic E-state index is -0.336. The van der Waals surface area contributed by atoms with Crippen LogP contribution in [-0.4, -0.2) is 24.8 Å². The van der Waals surface area contributed by atoms with Crippen LogP contribution in [0.15, 0.2) is 47.6 Å². The topological polar surface area (TPSA) is 59.9 Å². The number of fused-ring (bicyclic) bond motifs is 1. The summed E-state index contributed by atoms with van der Waals surface area (Å²) >= 11 is 5.87. The van der Waals surface area contributed by atoms with Gasteiger partial charge in [-0.15, -0.1) is 0 Å². The van der Waals surface area contributed by atoms with Gasteiger partial charge < -0.3 is 9.47 Å². The highest BCUT2D eigenvalue weighted by atomic mass is 35.5.